The molecule has 0 spiro atoms. The van der Waals surface area contributed by atoms with Crippen molar-refractivity contribution in [2.75, 3.05) is 31.6 Å². The van der Waals surface area contributed by atoms with Crippen molar-refractivity contribution in [3.63, 3.8) is 0 Å². The number of anilines is 1. The summed E-state index contributed by atoms with van der Waals surface area (Å²) in [7, 11) is 1.67. The molecule has 24 heavy (non-hydrogen) atoms. The van der Waals surface area contributed by atoms with Crippen LogP contribution in [-0.2, 0) is 0 Å². The molecule has 3 aliphatic rings. The van der Waals surface area contributed by atoms with Crippen LogP contribution in [0.5, 0.6) is 5.88 Å². The van der Waals surface area contributed by atoms with Gasteiger partial charge in [-0.05, 0) is 37.5 Å². The van der Waals surface area contributed by atoms with Crippen LogP contribution >= 0.6 is 0 Å². The maximum Gasteiger partial charge on any atom is 0.218 e. The van der Waals surface area contributed by atoms with Crippen molar-refractivity contribution < 1.29 is 4.74 Å². The van der Waals surface area contributed by atoms with Gasteiger partial charge in [0.15, 0.2) is 0 Å². The minimum Gasteiger partial charge on any atom is -0.481 e. The van der Waals surface area contributed by atoms with Crippen LogP contribution in [0, 0.1) is 11.8 Å². The zero-order valence-electron chi connectivity index (χ0n) is 15.0. The first-order valence-corrected chi connectivity index (χ1v) is 9.65. The van der Waals surface area contributed by atoms with Gasteiger partial charge in [0.05, 0.1) is 7.11 Å². The number of hydrogen-bond acceptors (Lipinski definition) is 5. The first kappa shape index (κ1) is 16.1. The van der Waals surface area contributed by atoms with Gasteiger partial charge in [0.2, 0.25) is 5.88 Å². The summed E-state index contributed by atoms with van der Waals surface area (Å²) in [6, 6.07) is 3.61. The fourth-order valence-corrected chi connectivity index (χ4v) is 5.36. The standard InChI is InChI=1S/C19H30N4O/c1-3-5-16-6-4-7-17-15-8-14(11-23(16)17)10-22(12-15)18-9-19(24-2)21-13-20-18/h9,13-17H,3-8,10-12H2,1-2H3/t14-,15+,16-,17-/m0/s1. The van der Waals surface area contributed by atoms with E-state index >= 15 is 0 Å². The molecule has 0 aliphatic carbocycles. The molecule has 3 fully saturated rings. The molecule has 5 heteroatoms. The second kappa shape index (κ2) is 6.87. The van der Waals surface area contributed by atoms with Crippen LogP contribution in [0.15, 0.2) is 12.4 Å². The monoisotopic (exact) mass is 330 g/mol. The third-order valence-corrected chi connectivity index (χ3v) is 6.30. The lowest BCUT2D eigenvalue weighted by Gasteiger charge is -2.55. The van der Waals surface area contributed by atoms with Crippen molar-refractivity contribution in [1.29, 1.82) is 0 Å². The Morgan fingerprint density at radius 1 is 1.21 bits per heavy atom. The van der Waals surface area contributed by atoms with E-state index in [9.17, 15) is 0 Å². The summed E-state index contributed by atoms with van der Waals surface area (Å²) in [6.45, 7) is 5.87. The molecular formula is C19H30N4O. The first-order chi connectivity index (χ1) is 11.8. The van der Waals surface area contributed by atoms with Crippen LogP contribution in [-0.4, -0.2) is 53.7 Å². The molecule has 0 amide bonds. The lowest BCUT2D eigenvalue weighted by molar-refractivity contribution is -0.0216. The predicted octanol–water partition coefficient (Wildman–Crippen LogP) is 2.96. The molecule has 1 aromatic rings. The molecule has 2 bridgehead atoms. The number of ether oxygens (including phenoxy) is 1. The SMILES string of the molecule is CCC[C@H]1CCC[C@H]2[C@@H]3C[C@@H](CN(c4cc(OC)ncn4)C3)CN12. The molecule has 132 valence electrons. The number of rotatable bonds is 4. The van der Waals surface area contributed by atoms with Gasteiger partial charge in [0.1, 0.15) is 12.1 Å². The van der Waals surface area contributed by atoms with E-state index in [1.807, 2.05) is 6.07 Å². The van der Waals surface area contributed by atoms with Crippen molar-refractivity contribution in [3.05, 3.63) is 12.4 Å². The average molecular weight is 330 g/mol. The maximum absolute atomic E-state index is 5.28. The largest absolute Gasteiger partial charge is 0.481 e. The zero-order chi connectivity index (χ0) is 16.5. The smallest absolute Gasteiger partial charge is 0.218 e. The Hall–Kier alpha value is -1.36. The van der Waals surface area contributed by atoms with Gasteiger partial charge in [0, 0.05) is 37.8 Å². The quantitative estimate of drug-likeness (QED) is 0.849. The van der Waals surface area contributed by atoms with Gasteiger partial charge in [-0.15, -0.1) is 0 Å². The molecular weight excluding hydrogens is 300 g/mol. The Bertz CT molecular complexity index is 564. The summed E-state index contributed by atoms with van der Waals surface area (Å²) >= 11 is 0. The highest BCUT2D eigenvalue weighted by atomic mass is 16.5. The van der Waals surface area contributed by atoms with Crippen LogP contribution in [0.4, 0.5) is 5.82 Å². The molecule has 4 rings (SSSR count). The molecule has 0 N–H and O–H groups in total. The summed E-state index contributed by atoms with van der Waals surface area (Å²) in [5, 5.41) is 0. The average Bonchev–Trinajstić information content (AvgIpc) is 2.62. The van der Waals surface area contributed by atoms with Crippen LogP contribution in [0.1, 0.15) is 45.4 Å². The van der Waals surface area contributed by atoms with Gasteiger partial charge in [-0.3, -0.25) is 4.90 Å². The predicted molar refractivity (Wildman–Crippen MR) is 95.4 cm³/mol. The number of piperidine rings is 3. The van der Waals surface area contributed by atoms with Crippen LogP contribution in [0.3, 0.4) is 0 Å². The fourth-order valence-electron chi connectivity index (χ4n) is 5.36. The lowest BCUT2D eigenvalue weighted by Crippen LogP contribution is -2.61. The molecule has 0 saturated carbocycles. The Kier molecular flexibility index (Phi) is 4.61. The molecule has 0 unspecified atom stereocenters. The van der Waals surface area contributed by atoms with E-state index in [1.54, 1.807) is 13.4 Å². The summed E-state index contributed by atoms with van der Waals surface area (Å²) in [5.41, 5.74) is 0. The van der Waals surface area contributed by atoms with Gasteiger partial charge < -0.3 is 9.64 Å². The third-order valence-electron chi connectivity index (χ3n) is 6.30. The molecule has 3 saturated heterocycles. The number of fused-ring (bicyclic) bond motifs is 4. The van der Waals surface area contributed by atoms with E-state index in [0.29, 0.717) is 5.88 Å². The van der Waals surface area contributed by atoms with Gasteiger partial charge in [-0.25, -0.2) is 9.97 Å². The highest BCUT2D eigenvalue weighted by Gasteiger charge is 2.44. The van der Waals surface area contributed by atoms with E-state index < -0.39 is 0 Å². The van der Waals surface area contributed by atoms with Crippen LogP contribution in [0.25, 0.3) is 0 Å². The summed E-state index contributed by atoms with van der Waals surface area (Å²) in [6.07, 6.45) is 9.93. The Morgan fingerprint density at radius 2 is 2.12 bits per heavy atom. The van der Waals surface area contributed by atoms with E-state index in [0.717, 1.165) is 42.8 Å². The van der Waals surface area contributed by atoms with E-state index in [2.05, 4.69) is 26.7 Å². The normalized spacial score (nSPS) is 33.2. The van der Waals surface area contributed by atoms with Crippen molar-refractivity contribution in [2.45, 2.75) is 57.5 Å². The Labute approximate surface area is 145 Å². The maximum atomic E-state index is 5.28. The molecule has 4 atom stereocenters. The van der Waals surface area contributed by atoms with Crippen molar-refractivity contribution >= 4 is 5.82 Å². The highest BCUT2D eigenvalue weighted by molar-refractivity contribution is 5.42. The molecule has 1 aromatic heterocycles. The van der Waals surface area contributed by atoms with E-state index in [4.69, 9.17) is 4.74 Å². The topological polar surface area (TPSA) is 41.5 Å². The third kappa shape index (κ3) is 2.99. The molecule has 3 aliphatic heterocycles. The van der Waals surface area contributed by atoms with Gasteiger partial charge in [-0.2, -0.15) is 0 Å². The molecule has 4 heterocycles. The summed E-state index contributed by atoms with van der Waals surface area (Å²) < 4.78 is 5.28. The van der Waals surface area contributed by atoms with Gasteiger partial charge in [-0.1, -0.05) is 19.8 Å². The lowest BCUT2D eigenvalue weighted by atomic mass is 9.74. The minimum absolute atomic E-state index is 0.665. The van der Waals surface area contributed by atoms with Gasteiger partial charge in [0.25, 0.3) is 0 Å². The summed E-state index contributed by atoms with van der Waals surface area (Å²) in [5.74, 6) is 3.26. The number of methoxy groups -OCH3 is 1. The highest BCUT2D eigenvalue weighted by Crippen LogP contribution is 2.41. The molecule has 5 nitrogen and oxygen atoms in total. The number of nitrogens with zero attached hydrogens (tertiary/aromatic N) is 4. The number of hydrogen-bond donors (Lipinski definition) is 0. The van der Waals surface area contributed by atoms with Crippen molar-refractivity contribution in [2.24, 2.45) is 11.8 Å². The van der Waals surface area contributed by atoms with E-state index in [-0.39, 0.29) is 0 Å². The Morgan fingerprint density at radius 3 is 2.96 bits per heavy atom. The Balaban J connectivity index is 1.51. The van der Waals surface area contributed by atoms with Crippen molar-refractivity contribution in [3.8, 4) is 5.88 Å². The number of aromatic nitrogens is 2. The second-order valence-electron chi connectivity index (χ2n) is 7.82. The molecule has 0 radical (unpaired) electrons. The van der Waals surface area contributed by atoms with Crippen LogP contribution < -0.4 is 9.64 Å². The first-order valence-electron chi connectivity index (χ1n) is 9.65. The van der Waals surface area contributed by atoms with Crippen LogP contribution in [0.2, 0.25) is 0 Å². The fraction of sp³-hybridized carbons (Fsp3) is 0.789. The summed E-state index contributed by atoms with van der Waals surface area (Å²) in [4.78, 5) is 14.0. The van der Waals surface area contributed by atoms with E-state index in [1.165, 1.54) is 45.1 Å². The second-order valence-corrected chi connectivity index (χ2v) is 7.82. The zero-order valence-corrected chi connectivity index (χ0v) is 15.0. The minimum atomic E-state index is 0.665. The van der Waals surface area contributed by atoms with Gasteiger partial charge >= 0.3 is 0 Å². The van der Waals surface area contributed by atoms with Crippen molar-refractivity contribution in [1.82, 2.24) is 14.9 Å². The molecule has 0 aromatic carbocycles.